The van der Waals surface area contributed by atoms with Crippen LogP contribution >= 0.6 is 11.3 Å². The summed E-state index contributed by atoms with van der Waals surface area (Å²) in [6, 6.07) is 14.4. The third kappa shape index (κ3) is 4.67. The average Bonchev–Trinajstić information content (AvgIpc) is 3.51. The van der Waals surface area contributed by atoms with Crippen LogP contribution in [0.25, 0.3) is 0 Å². The molecular formula is C25H30N2O2S. The highest BCUT2D eigenvalue weighted by atomic mass is 32.1. The fraction of sp³-hybridized carbons (Fsp3) is 0.440. The lowest BCUT2D eigenvalue weighted by Crippen LogP contribution is -2.48. The molecule has 2 amide bonds. The van der Waals surface area contributed by atoms with Crippen LogP contribution in [0.4, 0.5) is 0 Å². The van der Waals surface area contributed by atoms with Crippen LogP contribution in [0.3, 0.4) is 0 Å². The standard InChI is InChI=1S/C25H30N2O2S/c1-26(25(29)23-12-7-17-30-23)22(18-19-8-3-2-4-9-19)20-13-15-27(16-14-20)24(28)21-10-5-6-11-21/h2-4,7-10,12,17,20,22H,5-6,11,13-16,18H2,1H3. The Morgan fingerprint density at radius 2 is 1.90 bits per heavy atom. The molecule has 0 bridgehead atoms. The Morgan fingerprint density at radius 1 is 1.13 bits per heavy atom. The maximum Gasteiger partial charge on any atom is 0.263 e. The molecule has 1 aromatic carbocycles. The minimum absolute atomic E-state index is 0.0977. The molecule has 2 heterocycles. The summed E-state index contributed by atoms with van der Waals surface area (Å²) in [6.07, 6.45) is 7.90. The van der Waals surface area contributed by atoms with Gasteiger partial charge in [-0.3, -0.25) is 9.59 Å². The van der Waals surface area contributed by atoms with Gasteiger partial charge in [0.25, 0.3) is 5.91 Å². The van der Waals surface area contributed by atoms with Crippen LogP contribution < -0.4 is 0 Å². The normalized spacial score (nSPS) is 18.2. The van der Waals surface area contributed by atoms with Crippen LogP contribution in [-0.2, 0) is 11.2 Å². The Morgan fingerprint density at radius 3 is 2.53 bits per heavy atom. The maximum atomic E-state index is 13.1. The van der Waals surface area contributed by atoms with E-state index in [1.165, 1.54) is 16.9 Å². The quantitative estimate of drug-likeness (QED) is 0.672. The van der Waals surface area contributed by atoms with Crippen molar-refractivity contribution >= 4 is 23.2 Å². The first-order chi connectivity index (χ1) is 14.6. The van der Waals surface area contributed by atoms with E-state index in [1.807, 2.05) is 40.4 Å². The first-order valence-electron chi connectivity index (χ1n) is 11.0. The van der Waals surface area contributed by atoms with Gasteiger partial charge in [0, 0.05) is 31.8 Å². The van der Waals surface area contributed by atoms with Gasteiger partial charge in [0.05, 0.1) is 4.88 Å². The summed E-state index contributed by atoms with van der Waals surface area (Å²) in [7, 11) is 1.94. The molecule has 1 atom stereocenters. The Bertz CT molecular complexity index is 883. The number of benzene rings is 1. The Kier molecular flexibility index (Phi) is 6.68. The van der Waals surface area contributed by atoms with Crippen LogP contribution in [-0.4, -0.2) is 47.8 Å². The number of thiophene rings is 1. The molecule has 1 saturated heterocycles. The molecule has 0 N–H and O–H groups in total. The molecule has 4 rings (SSSR count). The van der Waals surface area contributed by atoms with Crippen molar-refractivity contribution in [1.29, 1.82) is 0 Å². The van der Waals surface area contributed by atoms with Crippen molar-refractivity contribution in [2.24, 2.45) is 5.92 Å². The molecule has 0 radical (unpaired) electrons. The van der Waals surface area contributed by atoms with E-state index in [9.17, 15) is 9.59 Å². The van der Waals surface area contributed by atoms with Gasteiger partial charge in [-0.1, -0.05) is 42.5 Å². The van der Waals surface area contributed by atoms with Crippen LogP contribution in [0, 0.1) is 5.92 Å². The lowest BCUT2D eigenvalue weighted by molar-refractivity contribution is -0.128. The molecule has 1 aliphatic carbocycles. The smallest absolute Gasteiger partial charge is 0.263 e. The molecule has 0 saturated carbocycles. The van der Waals surface area contributed by atoms with E-state index < -0.39 is 0 Å². The van der Waals surface area contributed by atoms with Crippen molar-refractivity contribution in [3.05, 3.63) is 69.9 Å². The van der Waals surface area contributed by atoms with E-state index in [1.54, 1.807) is 0 Å². The molecule has 2 aliphatic rings. The van der Waals surface area contributed by atoms with Crippen molar-refractivity contribution in [1.82, 2.24) is 9.80 Å². The molecule has 158 valence electrons. The van der Waals surface area contributed by atoms with E-state index in [0.717, 1.165) is 62.1 Å². The van der Waals surface area contributed by atoms with Crippen molar-refractivity contribution in [3.63, 3.8) is 0 Å². The fourth-order valence-corrected chi connectivity index (χ4v) is 5.46. The topological polar surface area (TPSA) is 40.6 Å². The fourth-order valence-electron chi connectivity index (χ4n) is 4.76. The van der Waals surface area contributed by atoms with Gasteiger partial charge in [0.15, 0.2) is 0 Å². The summed E-state index contributed by atoms with van der Waals surface area (Å²) in [5.74, 6) is 0.717. The SMILES string of the molecule is CN(C(=O)c1cccs1)C(Cc1ccccc1)C1CCN(C(=O)C2=CCCC2)CC1. The number of hydrogen-bond acceptors (Lipinski definition) is 3. The summed E-state index contributed by atoms with van der Waals surface area (Å²) < 4.78 is 0. The van der Waals surface area contributed by atoms with Crippen molar-refractivity contribution < 1.29 is 9.59 Å². The minimum Gasteiger partial charge on any atom is -0.339 e. The minimum atomic E-state index is 0.0977. The summed E-state index contributed by atoms with van der Waals surface area (Å²) in [5, 5.41) is 1.95. The van der Waals surface area contributed by atoms with E-state index >= 15 is 0 Å². The summed E-state index contributed by atoms with van der Waals surface area (Å²) in [6.45, 7) is 1.57. The monoisotopic (exact) mass is 422 g/mol. The highest BCUT2D eigenvalue weighted by Gasteiger charge is 2.34. The van der Waals surface area contributed by atoms with Crippen molar-refractivity contribution in [2.45, 2.75) is 44.6 Å². The number of carbonyl (C=O) groups excluding carboxylic acids is 2. The van der Waals surface area contributed by atoms with Crippen LogP contribution in [0.5, 0.6) is 0 Å². The molecular weight excluding hydrogens is 392 g/mol. The number of nitrogens with zero attached hydrogens (tertiary/aromatic N) is 2. The zero-order chi connectivity index (χ0) is 20.9. The second-order valence-electron chi connectivity index (χ2n) is 8.40. The van der Waals surface area contributed by atoms with Crippen LogP contribution in [0.2, 0.25) is 0 Å². The van der Waals surface area contributed by atoms with Crippen molar-refractivity contribution in [2.75, 3.05) is 20.1 Å². The number of allylic oxidation sites excluding steroid dienone is 1. The highest BCUT2D eigenvalue weighted by Crippen LogP contribution is 2.29. The summed E-state index contributed by atoms with van der Waals surface area (Å²) in [4.78, 5) is 30.6. The lowest BCUT2D eigenvalue weighted by atomic mass is 9.84. The van der Waals surface area contributed by atoms with Gasteiger partial charge in [-0.2, -0.15) is 0 Å². The molecule has 1 unspecified atom stereocenters. The van der Waals surface area contributed by atoms with Gasteiger partial charge in [0.2, 0.25) is 5.91 Å². The number of piperidine rings is 1. The van der Waals surface area contributed by atoms with Gasteiger partial charge in [-0.15, -0.1) is 11.3 Å². The van der Waals surface area contributed by atoms with Gasteiger partial charge < -0.3 is 9.80 Å². The predicted octanol–water partition coefficient (Wildman–Crippen LogP) is 4.78. The van der Waals surface area contributed by atoms with Gasteiger partial charge in [0.1, 0.15) is 0 Å². The van der Waals surface area contributed by atoms with Gasteiger partial charge in [-0.05, 0) is 61.5 Å². The number of carbonyl (C=O) groups is 2. The first-order valence-corrected chi connectivity index (χ1v) is 11.8. The third-order valence-corrected chi connectivity index (χ3v) is 7.38. The zero-order valence-electron chi connectivity index (χ0n) is 17.6. The Labute approximate surface area is 183 Å². The molecule has 4 nitrogen and oxygen atoms in total. The van der Waals surface area contributed by atoms with E-state index in [4.69, 9.17) is 0 Å². The molecule has 1 fully saturated rings. The lowest BCUT2D eigenvalue weighted by Gasteiger charge is -2.40. The Balaban J connectivity index is 1.47. The zero-order valence-corrected chi connectivity index (χ0v) is 18.4. The molecule has 2 aromatic rings. The summed E-state index contributed by atoms with van der Waals surface area (Å²) >= 11 is 1.50. The number of likely N-dealkylation sites (tertiary alicyclic amines) is 1. The van der Waals surface area contributed by atoms with Crippen LogP contribution in [0.1, 0.15) is 47.3 Å². The van der Waals surface area contributed by atoms with E-state index in [2.05, 4.69) is 30.3 Å². The molecule has 1 aromatic heterocycles. The number of amides is 2. The summed E-state index contributed by atoms with van der Waals surface area (Å²) in [5.41, 5.74) is 2.25. The second kappa shape index (κ2) is 9.61. The van der Waals surface area contributed by atoms with E-state index in [0.29, 0.717) is 5.92 Å². The number of rotatable bonds is 6. The highest BCUT2D eigenvalue weighted by molar-refractivity contribution is 7.12. The molecule has 0 spiro atoms. The van der Waals surface area contributed by atoms with Crippen molar-refractivity contribution in [3.8, 4) is 0 Å². The molecule has 5 heteroatoms. The largest absolute Gasteiger partial charge is 0.339 e. The van der Waals surface area contributed by atoms with Crippen LogP contribution in [0.15, 0.2) is 59.5 Å². The number of hydrogen-bond donors (Lipinski definition) is 0. The number of likely N-dealkylation sites (N-methyl/N-ethyl adjacent to an activating group) is 1. The van der Waals surface area contributed by atoms with Gasteiger partial charge >= 0.3 is 0 Å². The maximum absolute atomic E-state index is 13.1. The Hall–Kier alpha value is -2.40. The van der Waals surface area contributed by atoms with Gasteiger partial charge in [-0.25, -0.2) is 0 Å². The molecule has 30 heavy (non-hydrogen) atoms. The molecule has 1 aliphatic heterocycles. The first kappa shape index (κ1) is 20.9. The predicted molar refractivity (Wildman–Crippen MR) is 122 cm³/mol. The average molecular weight is 423 g/mol. The third-order valence-electron chi connectivity index (χ3n) is 6.52. The second-order valence-corrected chi connectivity index (χ2v) is 9.35. The van der Waals surface area contributed by atoms with E-state index in [-0.39, 0.29) is 17.9 Å².